The van der Waals surface area contributed by atoms with Gasteiger partial charge in [0.15, 0.2) is 5.82 Å². The van der Waals surface area contributed by atoms with Gasteiger partial charge in [-0.15, -0.1) is 0 Å². The predicted molar refractivity (Wildman–Crippen MR) is 95.3 cm³/mol. The Morgan fingerprint density at radius 2 is 1.89 bits per heavy atom. The minimum absolute atomic E-state index is 0.271. The molecule has 0 aliphatic heterocycles. The molecule has 0 aliphatic rings. The van der Waals surface area contributed by atoms with Crippen LogP contribution in [0.25, 0.3) is 11.5 Å². The maximum atomic E-state index is 13.0. The van der Waals surface area contributed by atoms with Gasteiger partial charge in [-0.1, -0.05) is 22.4 Å². The zero-order chi connectivity index (χ0) is 18.6. The lowest BCUT2D eigenvalue weighted by Crippen LogP contribution is -2.17. The van der Waals surface area contributed by atoms with E-state index in [1.807, 2.05) is 30.1 Å². The molecule has 3 aromatic heterocycles. The van der Waals surface area contributed by atoms with Gasteiger partial charge in [0, 0.05) is 25.7 Å². The van der Waals surface area contributed by atoms with Gasteiger partial charge in [0.2, 0.25) is 0 Å². The highest BCUT2D eigenvalue weighted by Crippen LogP contribution is 2.20. The number of aromatic nitrogens is 4. The first kappa shape index (κ1) is 16.9. The molecule has 8 heteroatoms. The van der Waals surface area contributed by atoms with Crippen molar-refractivity contribution >= 4 is 5.82 Å². The molecule has 0 amide bonds. The molecule has 0 atom stereocenters. The number of pyridine rings is 1. The molecule has 0 unspecified atom stereocenters. The van der Waals surface area contributed by atoms with Crippen LogP contribution in [0.5, 0.6) is 0 Å². The molecule has 1 aromatic carbocycles. The lowest BCUT2D eigenvalue weighted by atomic mass is 10.1. The van der Waals surface area contributed by atoms with Crippen LogP contribution in [0.2, 0.25) is 0 Å². The zero-order valence-electron chi connectivity index (χ0n) is 14.5. The SMILES string of the molecule is CN(Cc1ccon1)c1ccc(-c2nc(Cc3ccc(F)cc3)no2)cn1. The highest BCUT2D eigenvalue weighted by molar-refractivity contribution is 5.54. The average Bonchev–Trinajstić information content (AvgIpc) is 3.36. The van der Waals surface area contributed by atoms with E-state index in [2.05, 4.69) is 20.3 Å². The molecule has 7 nitrogen and oxygen atoms in total. The lowest BCUT2D eigenvalue weighted by molar-refractivity contribution is 0.411. The van der Waals surface area contributed by atoms with Crippen molar-refractivity contribution in [1.82, 2.24) is 20.3 Å². The Kier molecular flexibility index (Phi) is 4.61. The number of rotatable bonds is 6. The first-order valence-electron chi connectivity index (χ1n) is 8.31. The van der Waals surface area contributed by atoms with Crippen LogP contribution in [0.4, 0.5) is 10.2 Å². The van der Waals surface area contributed by atoms with Crippen LogP contribution in [0, 0.1) is 5.82 Å². The van der Waals surface area contributed by atoms with Gasteiger partial charge < -0.3 is 13.9 Å². The molecular weight excluding hydrogens is 349 g/mol. The summed E-state index contributed by atoms with van der Waals surface area (Å²) in [5.41, 5.74) is 2.46. The minimum atomic E-state index is -0.271. The summed E-state index contributed by atoms with van der Waals surface area (Å²) in [6, 6.07) is 11.8. The van der Waals surface area contributed by atoms with Crippen molar-refractivity contribution in [1.29, 1.82) is 0 Å². The topological polar surface area (TPSA) is 81.1 Å². The Morgan fingerprint density at radius 3 is 2.59 bits per heavy atom. The van der Waals surface area contributed by atoms with Crippen LogP contribution < -0.4 is 4.90 Å². The summed E-state index contributed by atoms with van der Waals surface area (Å²) in [5.74, 6) is 1.44. The van der Waals surface area contributed by atoms with Crippen LogP contribution in [0.3, 0.4) is 0 Å². The van der Waals surface area contributed by atoms with Crippen LogP contribution in [0.1, 0.15) is 17.1 Å². The maximum Gasteiger partial charge on any atom is 0.259 e. The van der Waals surface area contributed by atoms with Crippen molar-refractivity contribution in [3.8, 4) is 11.5 Å². The van der Waals surface area contributed by atoms with E-state index < -0.39 is 0 Å². The molecule has 136 valence electrons. The average molecular weight is 365 g/mol. The largest absolute Gasteiger partial charge is 0.364 e. The van der Waals surface area contributed by atoms with Gasteiger partial charge in [-0.2, -0.15) is 4.98 Å². The number of anilines is 1. The monoisotopic (exact) mass is 365 g/mol. The molecule has 0 fully saturated rings. The van der Waals surface area contributed by atoms with E-state index in [0.29, 0.717) is 24.7 Å². The standard InChI is InChI=1S/C19H16FN5O2/c1-25(12-16-8-9-26-23-16)18-7-4-14(11-21-18)19-22-17(24-27-19)10-13-2-5-15(20)6-3-13/h2-9,11H,10,12H2,1H3. The molecule has 0 radical (unpaired) electrons. The number of benzene rings is 1. The molecule has 0 N–H and O–H groups in total. The van der Waals surface area contributed by atoms with Crippen molar-refractivity contribution in [2.45, 2.75) is 13.0 Å². The molecule has 3 heterocycles. The number of hydrogen-bond donors (Lipinski definition) is 0. The van der Waals surface area contributed by atoms with Crippen LogP contribution in [-0.2, 0) is 13.0 Å². The summed E-state index contributed by atoms with van der Waals surface area (Å²) in [6.07, 6.45) is 3.69. The quantitative estimate of drug-likeness (QED) is 0.517. The van der Waals surface area contributed by atoms with E-state index >= 15 is 0 Å². The van der Waals surface area contributed by atoms with Gasteiger partial charge in [-0.3, -0.25) is 0 Å². The van der Waals surface area contributed by atoms with E-state index in [9.17, 15) is 4.39 Å². The summed E-state index contributed by atoms with van der Waals surface area (Å²) < 4.78 is 23.1. The van der Waals surface area contributed by atoms with Crippen molar-refractivity contribution in [2.75, 3.05) is 11.9 Å². The first-order chi connectivity index (χ1) is 13.2. The molecule has 27 heavy (non-hydrogen) atoms. The summed E-state index contributed by atoms with van der Waals surface area (Å²) in [7, 11) is 1.92. The Morgan fingerprint density at radius 1 is 1.04 bits per heavy atom. The van der Waals surface area contributed by atoms with Crippen LogP contribution in [0.15, 0.2) is 64.0 Å². The van der Waals surface area contributed by atoms with Crippen molar-refractivity contribution in [2.24, 2.45) is 0 Å². The Labute approximate surface area is 154 Å². The molecular formula is C19H16FN5O2. The third-order valence-electron chi connectivity index (χ3n) is 4.02. The zero-order valence-corrected chi connectivity index (χ0v) is 14.5. The highest BCUT2D eigenvalue weighted by atomic mass is 19.1. The predicted octanol–water partition coefficient (Wildman–Crippen LogP) is 3.49. The van der Waals surface area contributed by atoms with Gasteiger partial charge in [0.1, 0.15) is 23.6 Å². The van der Waals surface area contributed by atoms with E-state index in [1.165, 1.54) is 12.1 Å². The first-order valence-corrected chi connectivity index (χ1v) is 8.31. The summed E-state index contributed by atoms with van der Waals surface area (Å²) >= 11 is 0. The smallest absolute Gasteiger partial charge is 0.259 e. The van der Waals surface area contributed by atoms with Gasteiger partial charge in [-0.05, 0) is 29.8 Å². The molecule has 0 saturated carbocycles. The minimum Gasteiger partial charge on any atom is -0.364 e. The van der Waals surface area contributed by atoms with E-state index in [1.54, 1.807) is 24.6 Å². The molecule has 0 bridgehead atoms. The Hall–Kier alpha value is -3.55. The van der Waals surface area contributed by atoms with E-state index in [-0.39, 0.29) is 5.82 Å². The second-order valence-electron chi connectivity index (χ2n) is 6.07. The molecule has 0 saturated heterocycles. The Balaban J connectivity index is 1.44. The van der Waals surface area contributed by atoms with Gasteiger partial charge >= 0.3 is 0 Å². The van der Waals surface area contributed by atoms with Crippen LogP contribution in [-0.4, -0.2) is 27.3 Å². The molecule has 0 aliphatic carbocycles. The normalized spacial score (nSPS) is 10.9. The second-order valence-corrected chi connectivity index (χ2v) is 6.07. The highest BCUT2D eigenvalue weighted by Gasteiger charge is 2.12. The summed E-state index contributed by atoms with van der Waals surface area (Å²) in [6.45, 7) is 0.589. The van der Waals surface area contributed by atoms with Crippen molar-refractivity contribution in [3.05, 3.63) is 77.8 Å². The van der Waals surface area contributed by atoms with E-state index in [4.69, 9.17) is 9.05 Å². The molecule has 0 spiro atoms. The summed E-state index contributed by atoms with van der Waals surface area (Å²) in [4.78, 5) is 10.8. The number of nitrogens with zero attached hydrogens (tertiary/aromatic N) is 5. The molecule has 4 aromatic rings. The summed E-state index contributed by atoms with van der Waals surface area (Å²) in [5, 5.41) is 7.87. The lowest BCUT2D eigenvalue weighted by Gasteiger charge is -2.16. The number of hydrogen-bond acceptors (Lipinski definition) is 7. The molecule has 4 rings (SSSR count). The third kappa shape index (κ3) is 4.00. The van der Waals surface area contributed by atoms with E-state index in [0.717, 1.165) is 22.6 Å². The van der Waals surface area contributed by atoms with Crippen LogP contribution >= 0.6 is 0 Å². The maximum absolute atomic E-state index is 13.0. The fraction of sp³-hybridized carbons (Fsp3) is 0.158. The van der Waals surface area contributed by atoms with Gasteiger partial charge in [0.05, 0.1) is 12.1 Å². The fourth-order valence-electron chi connectivity index (χ4n) is 2.61. The van der Waals surface area contributed by atoms with Gasteiger partial charge in [-0.25, -0.2) is 9.37 Å². The van der Waals surface area contributed by atoms with Crippen molar-refractivity contribution < 1.29 is 13.4 Å². The van der Waals surface area contributed by atoms with Crippen molar-refractivity contribution in [3.63, 3.8) is 0 Å². The third-order valence-corrected chi connectivity index (χ3v) is 4.02. The Bertz CT molecular complexity index is 998. The number of halogens is 1. The second kappa shape index (κ2) is 7.36. The fourth-order valence-corrected chi connectivity index (χ4v) is 2.61. The van der Waals surface area contributed by atoms with Gasteiger partial charge in [0.25, 0.3) is 5.89 Å².